The van der Waals surface area contributed by atoms with E-state index in [0.717, 1.165) is 16.4 Å². The summed E-state index contributed by atoms with van der Waals surface area (Å²) in [6.45, 7) is 1.84. The average Bonchev–Trinajstić information content (AvgIpc) is 2.79. The summed E-state index contributed by atoms with van der Waals surface area (Å²) < 4.78 is 44.9. The standard InChI is InChI=1S/C13H14BrFN2O3S/c1-8-3-4-9(20-8)7-17(2)21(18,19)13-6-12(16)11(15)5-10(13)14/h3-6H,7,16H2,1-2H3. The molecule has 1 heterocycles. The maximum absolute atomic E-state index is 13.3. The zero-order chi connectivity index (χ0) is 15.8. The molecule has 2 N–H and O–H groups in total. The van der Waals surface area contributed by atoms with E-state index in [9.17, 15) is 12.8 Å². The van der Waals surface area contributed by atoms with E-state index in [2.05, 4.69) is 15.9 Å². The number of hydrogen-bond donors (Lipinski definition) is 1. The molecule has 0 unspecified atom stereocenters. The lowest BCUT2D eigenvalue weighted by Gasteiger charge is -2.17. The first-order chi connectivity index (χ1) is 9.71. The molecular formula is C13H14BrFN2O3S. The number of benzene rings is 1. The average molecular weight is 377 g/mol. The Bertz CT molecular complexity index is 774. The normalized spacial score (nSPS) is 12.0. The minimum atomic E-state index is -3.82. The minimum absolute atomic E-state index is 0.0693. The Morgan fingerprint density at radius 3 is 2.62 bits per heavy atom. The lowest BCUT2D eigenvalue weighted by atomic mass is 10.3. The van der Waals surface area contributed by atoms with Gasteiger partial charge in [-0.1, -0.05) is 0 Å². The fraction of sp³-hybridized carbons (Fsp3) is 0.231. The van der Waals surface area contributed by atoms with Crippen molar-refractivity contribution in [2.24, 2.45) is 0 Å². The molecule has 21 heavy (non-hydrogen) atoms. The van der Waals surface area contributed by atoms with E-state index in [-0.39, 0.29) is 21.6 Å². The highest BCUT2D eigenvalue weighted by Crippen LogP contribution is 2.29. The van der Waals surface area contributed by atoms with Crippen LogP contribution in [0.3, 0.4) is 0 Å². The van der Waals surface area contributed by atoms with Gasteiger partial charge in [0.2, 0.25) is 10.0 Å². The summed E-state index contributed by atoms with van der Waals surface area (Å²) in [5.74, 6) is 0.540. The fourth-order valence-corrected chi connectivity index (χ4v) is 3.93. The number of aryl methyl sites for hydroxylation is 1. The maximum Gasteiger partial charge on any atom is 0.244 e. The van der Waals surface area contributed by atoms with Crippen LogP contribution in [0.2, 0.25) is 0 Å². The van der Waals surface area contributed by atoms with Crippen LogP contribution in [-0.4, -0.2) is 19.8 Å². The highest BCUT2D eigenvalue weighted by molar-refractivity contribution is 9.10. The fourth-order valence-electron chi connectivity index (χ4n) is 1.78. The van der Waals surface area contributed by atoms with Crippen molar-refractivity contribution in [2.45, 2.75) is 18.4 Å². The number of rotatable bonds is 4. The molecule has 0 aliphatic heterocycles. The first-order valence-electron chi connectivity index (χ1n) is 5.98. The predicted molar refractivity (Wildman–Crippen MR) is 80.6 cm³/mol. The topological polar surface area (TPSA) is 76.5 Å². The van der Waals surface area contributed by atoms with E-state index >= 15 is 0 Å². The Morgan fingerprint density at radius 2 is 2.05 bits per heavy atom. The quantitative estimate of drug-likeness (QED) is 0.832. The van der Waals surface area contributed by atoms with Gasteiger partial charge in [0.1, 0.15) is 17.3 Å². The molecule has 0 bridgehead atoms. The van der Waals surface area contributed by atoms with Gasteiger partial charge >= 0.3 is 0 Å². The number of hydrogen-bond acceptors (Lipinski definition) is 4. The predicted octanol–water partition coefficient (Wildman–Crippen LogP) is 2.89. The van der Waals surface area contributed by atoms with Gasteiger partial charge in [0.15, 0.2) is 0 Å². The third-order valence-corrected chi connectivity index (χ3v) is 5.68. The van der Waals surface area contributed by atoms with Gasteiger partial charge in [0.25, 0.3) is 0 Å². The van der Waals surface area contributed by atoms with Crippen molar-refractivity contribution in [3.63, 3.8) is 0 Å². The van der Waals surface area contributed by atoms with Crippen molar-refractivity contribution in [3.8, 4) is 0 Å². The molecular weight excluding hydrogens is 363 g/mol. The summed E-state index contributed by atoms with van der Waals surface area (Å²) in [5, 5.41) is 0. The van der Waals surface area contributed by atoms with Crippen LogP contribution in [-0.2, 0) is 16.6 Å². The number of furan rings is 1. The van der Waals surface area contributed by atoms with Crippen molar-refractivity contribution in [2.75, 3.05) is 12.8 Å². The summed E-state index contributed by atoms with van der Waals surface area (Å²) >= 11 is 3.05. The van der Waals surface area contributed by atoms with Crippen molar-refractivity contribution in [1.82, 2.24) is 4.31 Å². The van der Waals surface area contributed by atoms with Gasteiger partial charge in [-0.3, -0.25) is 0 Å². The minimum Gasteiger partial charge on any atom is -0.465 e. The van der Waals surface area contributed by atoms with E-state index in [4.69, 9.17) is 10.2 Å². The van der Waals surface area contributed by atoms with Gasteiger partial charge in [-0.2, -0.15) is 4.31 Å². The summed E-state index contributed by atoms with van der Waals surface area (Å²) in [5.41, 5.74) is 5.22. The Morgan fingerprint density at radius 1 is 1.38 bits per heavy atom. The van der Waals surface area contributed by atoms with Gasteiger partial charge < -0.3 is 10.2 Å². The Hall–Kier alpha value is -1.38. The van der Waals surface area contributed by atoms with Gasteiger partial charge in [-0.25, -0.2) is 12.8 Å². The molecule has 8 heteroatoms. The molecule has 0 aliphatic rings. The molecule has 0 fully saturated rings. The number of sulfonamides is 1. The van der Waals surface area contributed by atoms with E-state index in [1.165, 1.54) is 7.05 Å². The van der Waals surface area contributed by atoms with Crippen LogP contribution in [0.15, 0.2) is 38.1 Å². The van der Waals surface area contributed by atoms with Crippen LogP contribution < -0.4 is 5.73 Å². The van der Waals surface area contributed by atoms with Crippen molar-refractivity contribution in [1.29, 1.82) is 0 Å². The molecule has 0 amide bonds. The summed E-state index contributed by atoms with van der Waals surface area (Å²) in [7, 11) is -2.40. The van der Waals surface area contributed by atoms with Crippen LogP contribution in [0.5, 0.6) is 0 Å². The van der Waals surface area contributed by atoms with E-state index in [0.29, 0.717) is 11.5 Å². The molecule has 1 aromatic heterocycles. The van der Waals surface area contributed by atoms with Crippen molar-refractivity contribution >= 4 is 31.6 Å². The summed E-state index contributed by atoms with van der Waals surface area (Å²) in [6, 6.07) is 5.59. The monoisotopic (exact) mass is 376 g/mol. The summed E-state index contributed by atoms with van der Waals surface area (Å²) in [6.07, 6.45) is 0. The van der Waals surface area contributed by atoms with Gasteiger partial charge in [-0.15, -0.1) is 0 Å². The number of nitrogens with zero attached hydrogens (tertiary/aromatic N) is 1. The molecule has 114 valence electrons. The SMILES string of the molecule is Cc1ccc(CN(C)S(=O)(=O)c2cc(N)c(F)cc2Br)o1. The van der Waals surface area contributed by atoms with Crippen molar-refractivity contribution < 1.29 is 17.2 Å². The van der Waals surface area contributed by atoms with Gasteiger partial charge in [0.05, 0.1) is 17.1 Å². The highest BCUT2D eigenvalue weighted by Gasteiger charge is 2.25. The third kappa shape index (κ3) is 3.28. The lowest BCUT2D eigenvalue weighted by molar-refractivity contribution is 0.397. The molecule has 0 spiro atoms. The Balaban J connectivity index is 2.35. The van der Waals surface area contributed by atoms with Crippen LogP contribution in [0.1, 0.15) is 11.5 Å². The smallest absolute Gasteiger partial charge is 0.244 e. The first kappa shape index (κ1) is 16.0. The number of nitrogen functional groups attached to an aromatic ring is 1. The molecule has 0 aliphatic carbocycles. The summed E-state index contributed by atoms with van der Waals surface area (Å²) in [4.78, 5) is -0.0906. The lowest BCUT2D eigenvalue weighted by Crippen LogP contribution is -2.26. The molecule has 0 saturated carbocycles. The maximum atomic E-state index is 13.3. The second kappa shape index (κ2) is 5.78. The second-order valence-electron chi connectivity index (χ2n) is 4.58. The second-order valence-corrected chi connectivity index (χ2v) is 7.45. The third-order valence-electron chi connectivity index (χ3n) is 2.91. The van der Waals surface area contributed by atoms with E-state index in [1.54, 1.807) is 19.1 Å². The number of halogens is 2. The molecule has 0 atom stereocenters. The number of nitrogens with two attached hydrogens (primary N) is 1. The van der Waals surface area contributed by atoms with Crippen LogP contribution in [0.25, 0.3) is 0 Å². The van der Waals surface area contributed by atoms with Gasteiger partial charge in [0, 0.05) is 11.5 Å². The zero-order valence-electron chi connectivity index (χ0n) is 11.4. The van der Waals surface area contributed by atoms with Crippen molar-refractivity contribution in [3.05, 3.63) is 46.1 Å². The molecule has 5 nitrogen and oxygen atoms in total. The Kier molecular flexibility index (Phi) is 4.40. The molecule has 2 aromatic rings. The van der Waals surface area contributed by atoms with E-state index in [1.807, 2.05) is 0 Å². The van der Waals surface area contributed by atoms with Gasteiger partial charge in [-0.05, 0) is 47.1 Å². The van der Waals surface area contributed by atoms with E-state index < -0.39 is 15.8 Å². The zero-order valence-corrected chi connectivity index (χ0v) is 13.8. The van der Waals surface area contributed by atoms with Crippen LogP contribution in [0.4, 0.5) is 10.1 Å². The molecule has 0 radical (unpaired) electrons. The highest BCUT2D eigenvalue weighted by atomic mass is 79.9. The number of anilines is 1. The molecule has 2 rings (SSSR count). The molecule has 1 aromatic carbocycles. The van der Waals surface area contributed by atoms with Crippen LogP contribution in [0, 0.1) is 12.7 Å². The first-order valence-corrected chi connectivity index (χ1v) is 8.21. The van der Waals surface area contributed by atoms with Crippen LogP contribution >= 0.6 is 15.9 Å². The molecule has 0 saturated heterocycles. The Labute approximate surface area is 130 Å². The largest absolute Gasteiger partial charge is 0.465 e.